The van der Waals surface area contributed by atoms with Gasteiger partial charge in [-0.3, -0.25) is 19.2 Å². The van der Waals surface area contributed by atoms with Crippen molar-refractivity contribution in [3.05, 3.63) is 0 Å². The van der Waals surface area contributed by atoms with Crippen molar-refractivity contribution in [1.82, 2.24) is 0 Å². The topological polar surface area (TPSA) is 86.7 Å². The molecule has 6 heteroatoms. The van der Waals surface area contributed by atoms with Crippen molar-refractivity contribution in [2.24, 2.45) is 10.8 Å². The molecule has 0 aromatic rings. The summed E-state index contributed by atoms with van der Waals surface area (Å²) in [6.45, 7) is 6.62. The highest BCUT2D eigenvalue weighted by atomic mass is 16.5. The van der Waals surface area contributed by atoms with Crippen molar-refractivity contribution in [3.8, 4) is 0 Å². The van der Waals surface area contributed by atoms with Crippen LogP contribution in [0.2, 0.25) is 0 Å². The van der Waals surface area contributed by atoms with Crippen molar-refractivity contribution in [3.63, 3.8) is 0 Å². The predicted octanol–water partition coefficient (Wildman–Crippen LogP) is 3.24. The maximum Gasteiger partial charge on any atom is 0.134 e. The average Bonchev–Trinajstić information content (AvgIpc) is 2.62. The van der Waals surface area contributed by atoms with Gasteiger partial charge in [-0.15, -0.1) is 0 Å². The first-order valence-electron chi connectivity index (χ1n) is 10.5. The van der Waals surface area contributed by atoms with E-state index in [4.69, 9.17) is 9.47 Å². The minimum atomic E-state index is -0.0556. The Kier molecular flexibility index (Phi) is 8.50. The van der Waals surface area contributed by atoms with Crippen LogP contribution >= 0.6 is 0 Å². The summed E-state index contributed by atoms with van der Waals surface area (Å²) in [4.78, 5) is 48.1. The molecule has 6 nitrogen and oxygen atoms in total. The van der Waals surface area contributed by atoms with Gasteiger partial charge < -0.3 is 9.47 Å². The van der Waals surface area contributed by atoms with Crippen LogP contribution in [-0.4, -0.2) is 49.6 Å². The summed E-state index contributed by atoms with van der Waals surface area (Å²) in [6, 6.07) is 0. The zero-order chi connectivity index (χ0) is 20.6. The van der Waals surface area contributed by atoms with E-state index in [1.807, 2.05) is 0 Å². The molecular weight excluding hydrogens is 360 g/mol. The number of carbonyl (C=O) groups is 4. The fraction of sp³-hybridized carbons (Fsp3) is 0.818. The van der Waals surface area contributed by atoms with Gasteiger partial charge in [0, 0.05) is 62.2 Å². The van der Waals surface area contributed by atoms with E-state index in [0.29, 0.717) is 39.3 Å². The van der Waals surface area contributed by atoms with Gasteiger partial charge in [0.1, 0.15) is 23.1 Å². The van der Waals surface area contributed by atoms with Gasteiger partial charge in [-0.2, -0.15) is 0 Å². The molecule has 0 aromatic heterocycles. The number of ketones is 4. The molecule has 0 unspecified atom stereocenters. The number of rotatable bonds is 15. The molecule has 2 heterocycles. The lowest BCUT2D eigenvalue weighted by Crippen LogP contribution is -2.43. The third-order valence-corrected chi connectivity index (χ3v) is 6.33. The smallest absolute Gasteiger partial charge is 0.134 e. The van der Waals surface area contributed by atoms with E-state index in [1.54, 1.807) is 0 Å². The third kappa shape index (κ3) is 6.59. The average molecular weight is 395 g/mol. The molecule has 0 atom stereocenters. The minimum Gasteiger partial charge on any atom is -0.380 e. The normalized spacial score (nSPS) is 19.4. The fourth-order valence-electron chi connectivity index (χ4n) is 3.74. The van der Waals surface area contributed by atoms with E-state index in [-0.39, 0.29) is 72.5 Å². The van der Waals surface area contributed by atoms with Gasteiger partial charge in [-0.25, -0.2) is 0 Å². The summed E-state index contributed by atoms with van der Waals surface area (Å²) >= 11 is 0. The quantitative estimate of drug-likeness (QED) is 0.424. The molecule has 28 heavy (non-hydrogen) atoms. The van der Waals surface area contributed by atoms with E-state index in [2.05, 4.69) is 13.8 Å². The molecule has 2 fully saturated rings. The standard InChI is InChI=1S/C22H34O6/c1-3-21(13-27-14-21)11-19(25)9-7-17(23)5-6-18(24)8-10-20(26)12-22(4-2)15-28-16-22/h3-16H2,1-2H3. The van der Waals surface area contributed by atoms with Crippen LogP contribution in [0.4, 0.5) is 0 Å². The maximum absolute atomic E-state index is 12.1. The lowest BCUT2D eigenvalue weighted by molar-refractivity contribution is -0.143. The Hall–Kier alpha value is -1.40. The van der Waals surface area contributed by atoms with Gasteiger partial charge in [-0.1, -0.05) is 13.8 Å². The Balaban J connectivity index is 1.56. The number of ether oxygens (including phenoxy) is 2. The molecule has 0 aliphatic carbocycles. The van der Waals surface area contributed by atoms with E-state index in [0.717, 1.165) is 12.8 Å². The van der Waals surface area contributed by atoms with Crippen LogP contribution in [0, 0.1) is 10.8 Å². The molecule has 2 rings (SSSR count). The van der Waals surface area contributed by atoms with Crippen molar-refractivity contribution in [2.45, 2.75) is 78.1 Å². The highest BCUT2D eigenvalue weighted by Gasteiger charge is 2.39. The highest BCUT2D eigenvalue weighted by Crippen LogP contribution is 2.36. The number of hydrogen-bond acceptors (Lipinski definition) is 6. The first-order chi connectivity index (χ1) is 13.3. The molecule has 0 amide bonds. The van der Waals surface area contributed by atoms with Crippen LogP contribution in [-0.2, 0) is 28.7 Å². The molecule has 2 saturated heterocycles. The van der Waals surface area contributed by atoms with Crippen LogP contribution in [0.5, 0.6) is 0 Å². The van der Waals surface area contributed by atoms with Gasteiger partial charge >= 0.3 is 0 Å². The molecular formula is C22H34O6. The lowest BCUT2D eigenvalue weighted by atomic mass is 9.78. The van der Waals surface area contributed by atoms with Crippen LogP contribution in [0.25, 0.3) is 0 Å². The first kappa shape index (κ1) is 22.9. The third-order valence-electron chi connectivity index (χ3n) is 6.33. The molecule has 0 bridgehead atoms. The van der Waals surface area contributed by atoms with E-state index < -0.39 is 0 Å². The SMILES string of the molecule is CCC1(CC(=O)CCC(=O)CCC(=O)CCC(=O)CC2(CC)COC2)COC1. The van der Waals surface area contributed by atoms with E-state index in [1.165, 1.54) is 0 Å². The van der Waals surface area contributed by atoms with Crippen molar-refractivity contribution in [1.29, 1.82) is 0 Å². The molecule has 0 aromatic carbocycles. The van der Waals surface area contributed by atoms with E-state index in [9.17, 15) is 19.2 Å². The first-order valence-corrected chi connectivity index (χ1v) is 10.5. The van der Waals surface area contributed by atoms with Gasteiger partial charge in [0.05, 0.1) is 26.4 Å². The zero-order valence-electron chi connectivity index (χ0n) is 17.3. The number of hydrogen-bond donors (Lipinski definition) is 0. The van der Waals surface area contributed by atoms with E-state index >= 15 is 0 Å². The second kappa shape index (κ2) is 10.4. The summed E-state index contributed by atoms with van der Waals surface area (Å²) in [5.41, 5.74) is -0.0464. The summed E-state index contributed by atoms with van der Waals surface area (Å²) in [5, 5.41) is 0. The van der Waals surface area contributed by atoms with Gasteiger partial charge in [0.25, 0.3) is 0 Å². The summed E-state index contributed by atoms with van der Waals surface area (Å²) < 4.78 is 10.4. The molecule has 2 aliphatic heterocycles. The van der Waals surface area contributed by atoms with Gasteiger partial charge in [0.15, 0.2) is 0 Å². The van der Waals surface area contributed by atoms with Crippen LogP contribution in [0.3, 0.4) is 0 Å². The van der Waals surface area contributed by atoms with Gasteiger partial charge in [0.2, 0.25) is 0 Å². The Labute approximate surface area is 167 Å². The largest absolute Gasteiger partial charge is 0.380 e. The molecule has 0 N–H and O–H groups in total. The zero-order valence-corrected chi connectivity index (χ0v) is 17.3. The van der Waals surface area contributed by atoms with Gasteiger partial charge in [-0.05, 0) is 12.8 Å². The summed E-state index contributed by atoms with van der Waals surface area (Å²) in [6.07, 6.45) is 3.98. The Bertz CT molecular complexity index is 523. The minimum absolute atomic E-state index is 0.0232. The van der Waals surface area contributed by atoms with Crippen molar-refractivity contribution in [2.75, 3.05) is 26.4 Å². The molecule has 0 spiro atoms. The Morgan fingerprint density at radius 1 is 0.571 bits per heavy atom. The Morgan fingerprint density at radius 2 is 0.857 bits per heavy atom. The summed E-state index contributed by atoms with van der Waals surface area (Å²) in [7, 11) is 0. The predicted molar refractivity (Wildman–Crippen MR) is 104 cm³/mol. The highest BCUT2D eigenvalue weighted by molar-refractivity contribution is 5.90. The fourth-order valence-corrected chi connectivity index (χ4v) is 3.74. The monoisotopic (exact) mass is 394 g/mol. The van der Waals surface area contributed by atoms with Crippen LogP contribution < -0.4 is 0 Å². The summed E-state index contributed by atoms with van der Waals surface area (Å²) in [5.74, 6) is 0.0838. The second-order valence-corrected chi connectivity index (χ2v) is 8.70. The number of carbonyl (C=O) groups excluding carboxylic acids is 4. The molecule has 0 saturated carbocycles. The molecule has 2 aliphatic rings. The molecule has 0 radical (unpaired) electrons. The van der Waals surface area contributed by atoms with Crippen molar-refractivity contribution < 1.29 is 28.7 Å². The van der Waals surface area contributed by atoms with Crippen molar-refractivity contribution >= 4 is 23.1 Å². The molecule has 158 valence electrons. The second-order valence-electron chi connectivity index (χ2n) is 8.70. The number of Topliss-reactive ketones (excluding diaryl/α,β-unsaturated/α-hetero) is 4. The van der Waals surface area contributed by atoms with Crippen LogP contribution in [0.1, 0.15) is 78.1 Å². The maximum atomic E-state index is 12.1. The van der Waals surface area contributed by atoms with Crippen LogP contribution in [0.15, 0.2) is 0 Å². The lowest BCUT2D eigenvalue weighted by Gasteiger charge is -2.40. The Morgan fingerprint density at radius 3 is 1.07 bits per heavy atom.